The normalized spacial score (nSPS) is 11.4. The molecule has 4 nitrogen and oxygen atoms in total. The zero-order valence-electron chi connectivity index (χ0n) is 8.73. The van der Waals surface area contributed by atoms with Gasteiger partial charge in [0, 0.05) is 18.7 Å². The van der Waals surface area contributed by atoms with Gasteiger partial charge in [-0.25, -0.2) is 14.6 Å². The first kappa shape index (κ1) is 9.12. The maximum atomic E-state index is 4.49. The Kier molecular flexibility index (Phi) is 2.19. The van der Waals surface area contributed by atoms with Gasteiger partial charge in [0.2, 0.25) is 0 Å². The molecule has 74 valence electrons. The molecule has 4 heteroatoms. The van der Waals surface area contributed by atoms with Crippen LogP contribution in [0.3, 0.4) is 0 Å². The van der Waals surface area contributed by atoms with Crippen molar-refractivity contribution in [3.63, 3.8) is 0 Å². The van der Waals surface area contributed by atoms with Crippen molar-refractivity contribution in [3.05, 3.63) is 18.2 Å². The van der Waals surface area contributed by atoms with Crippen molar-refractivity contribution in [1.82, 2.24) is 19.7 Å². The highest BCUT2D eigenvalue weighted by atomic mass is 15.3. The van der Waals surface area contributed by atoms with Gasteiger partial charge in [0.15, 0.2) is 5.65 Å². The van der Waals surface area contributed by atoms with Crippen LogP contribution in [0, 0.1) is 0 Å². The monoisotopic (exact) mass is 190 g/mol. The first-order valence-electron chi connectivity index (χ1n) is 4.90. The molecular formula is C10H14N4. The standard InChI is InChI=1S/C10H14N4/c1-4-14-10-8(6-12-14)5-11-9(13-10)7(2)3/h5-7H,4H2,1-3H3. The number of hydrogen-bond acceptors (Lipinski definition) is 3. The lowest BCUT2D eigenvalue weighted by Crippen LogP contribution is -2.01. The fourth-order valence-electron chi connectivity index (χ4n) is 1.39. The lowest BCUT2D eigenvalue weighted by Gasteiger charge is -2.03. The predicted molar refractivity (Wildman–Crippen MR) is 55.1 cm³/mol. The Morgan fingerprint density at radius 2 is 2.14 bits per heavy atom. The third kappa shape index (κ3) is 1.36. The maximum absolute atomic E-state index is 4.49. The van der Waals surface area contributed by atoms with Crippen LogP contribution in [-0.2, 0) is 6.54 Å². The van der Waals surface area contributed by atoms with Crippen LogP contribution in [-0.4, -0.2) is 19.7 Å². The molecule has 0 aromatic carbocycles. The minimum absolute atomic E-state index is 0.361. The number of rotatable bonds is 2. The third-order valence-corrected chi connectivity index (χ3v) is 2.21. The Bertz CT molecular complexity index is 444. The second kappa shape index (κ2) is 3.36. The summed E-state index contributed by atoms with van der Waals surface area (Å²) in [7, 11) is 0. The van der Waals surface area contributed by atoms with Gasteiger partial charge < -0.3 is 0 Å². The largest absolute Gasteiger partial charge is 0.248 e. The molecule has 0 saturated heterocycles. The molecule has 0 amide bonds. The van der Waals surface area contributed by atoms with E-state index in [0.717, 1.165) is 23.4 Å². The van der Waals surface area contributed by atoms with Crippen LogP contribution in [0.15, 0.2) is 12.4 Å². The molecule has 2 rings (SSSR count). The SMILES string of the molecule is CCn1ncc2cnc(C(C)C)nc21. The summed E-state index contributed by atoms with van der Waals surface area (Å²) < 4.78 is 1.89. The van der Waals surface area contributed by atoms with Crippen molar-refractivity contribution >= 4 is 11.0 Å². The topological polar surface area (TPSA) is 43.6 Å². The molecule has 0 aliphatic rings. The highest BCUT2D eigenvalue weighted by molar-refractivity contribution is 5.73. The van der Waals surface area contributed by atoms with Gasteiger partial charge in [0.05, 0.1) is 11.6 Å². The number of fused-ring (bicyclic) bond motifs is 1. The van der Waals surface area contributed by atoms with E-state index in [9.17, 15) is 0 Å². The number of aryl methyl sites for hydroxylation is 1. The molecule has 0 atom stereocenters. The molecule has 2 heterocycles. The fraction of sp³-hybridized carbons (Fsp3) is 0.500. The van der Waals surface area contributed by atoms with E-state index in [0.29, 0.717) is 5.92 Å². The van der Waals surface area contributed by atoms with E-state index >= 15 is 0 Å². The molecule has 0 unspecified atom stereocenters. The summed E-state index contributed by atoms with van der Waals surface area (Å²) in [5, 5.41) is 5.24. The van der Waals surface area contributed by atoms with Crippen LogP contribution in [0.25, 0.3) is 11.0 Å². The smallest absolute Gasteiger partial charge is 0.161 e. The molecule has 0 aliphatic carbocycles. The molecule has 2 aromatic heterocycles. The Hall–Kier alpha value is -1.45. The summed E-state index contributed by atoms with van der Waals surface area (Å²) in [6, 6.07) is 0. The third-order valence-electron chi connectivity index (χ3n) is 2.21. The van der Waals surface area contributed by atoms with E-state index in [2.05, 4.69) is 35.8 Å². The summed E-state index contributed by atoms with van der Waals surface area (Å²) >= 11 is 0. The van der Waals surface area contributed by atoms with E-state index in [-0.39, 0.29) is 0 Å². The molecular weight excluding hydrogens is 176 g/mol. The van der Waals surface area contributed by atoms with Crippen LogP contribution in [0.1, 0.15) is 32.5 Å². The van der Waals surface area contributed by atoms with Gasteiger partial charge in [-0.2, -0.15) is 5.10 Å². The quantitative estimate of drug-likeness (QED) is 0.727. The maximum Gasteiger partial charge on any atom is 0.161 e. The van der Waals surface area contributed by atoms with Gasteiger partial charge in [-0.1, -0.05) is 13.8 Å². The van der Waals surface area contributed by atoms with Gasteiger partial charge in [0.25, 0.3) is 0 Å². The Labute approximate surface area is 83.0 Å². The van der Waals surface area contributed by atoms with Gasteiger partial charge in [-0.15, -0.1) is 0 Å². The molecule has 0 bridgehead atoms. The Morgan fingerprint density at radius 1 is 1.36 bits per heavy atom. The number of hydrogen-bond donors (Lipinski definition) is 0. The van der Waals surface area contributed by atoms with E-state index in [1.165, 1.54) is 0 Å². The van der Waals surface area contributed by atoms with E-state index in [1.807, 2.05) is 17.1 Å². The molecule has 0 aliphatic heterocycles. The highest BCUT2D eigenvalue weighted by Gasteiger charge is 2.07. The van der Waals surface area contributed by atoms with Crippen molar-refractivity contribution < 1.29 is 0 Å². The summed E-state index contributed by atoms with van der Waals surface area (Å²) in [5.41, 5.74) is 0.936. The van der Waals surface area contributed by atoms with Crippen molar-refractivity contribution in [2.75, 3.05) is 0 Å². The van der Waals surface area contributed by atoms with Crippen molar-refractivity contribution in [1.29, 1.82) is 0 Å². The minimum Gasteiger partial charge on any atom is -0.248 e. The van der Waals surface area contributed by atoms with Crippen LogP contribution < -0.4 is 0 Å². The zero-order chi connectivity index (χ0) is 10.1. The van der Waals surface area contributed by atoms with Crippen molar-refractivity contribution in [3.8, 4) is 0 Å². The second-order valence-electron chi connectivity index (χ2n) is 3.62. The van der Waals surface area contributed by atoms with Gasteiger partial charge in [-0.05, 0) is 6.92 Å². The van der Waals surface area contributed by atoms with Crippen molar-refractivity contribution in [2.45, 2.75) is 33.2 Å². The van der Waals surface area contributed by atoms with Crippen molar-refractivity contribution in [2.24, 2.45) is 0 Å². The lowest BCUT2D eigenvalue weighted by molar-refractivity contribution is 0.670. The predicted octanol–water partition coefficient (Wildman–Crippen LogP) is 1.97. The molecule has 0 spiro atoms. The molecule has 0 radical (unpaired) electrons. The summed E-state index contributed by atoms with van der Waals surface area (Å²) in [6.07, 6.45) is 3.65. The summed E-state index contributed by atoms with van der Waals surface area (Å²) in [5.74, 6) is 1.24. The molecule has 0 saturated carbocycles. The van der Waals surface area contributed by atoms with Crippen LogP contribution in [0.4, 0.5) is 0 Å². The van der Waals surface area contributed by atoms with Gasteiger partial charge >= 0.3 is 0 Å². The first-order valence-corrected chi connectivity index (χ1v) is 4.90. The highest BCUT2D eigenvalue weighted by Crippen LogP contribution is 2.14. The number of nitrogens with zero attached hydrogens (tertiary/aromatic N) is 4. The van der Waals surface area contributed by atoms with E-state index < -0.39 is 0 Å². The van der Waals surface area contributed by atoms with Gasteiger partial charge in [0.1, 0.15) is 5.82 Å². The Balaban J connectivity index is 2.61. The summed E-state index contributed by atoms with van der Waals surface area (Å²) in [4.78, 5) is 8.78. The summed E-state index contributed by atoms with van der Waals surface area (Å²) in [6.45, 7) is 7.09. The van der Waals surface area contributed by atoms with Crippen LogP contribution in [0.5, 0.6) is 0 Å². The second-order valence-corrected chi connectivity index (χ2v) is 3.62. The number of aromatic nitrogens is 4. The van der Waals surface area contributed by atoms with Crippen LogP contribution >= 0.6 is 0 Å². The molecule has 14 heavy (non-hydrogen) atoms. The lowest BCUT2D eigenvalue weighted by atomic mass is 10.2. The first-order chi connectivity index (χ1) is 6.72. The average molecular weight is 190 g/mol. The minimum atomic E-state index is 0.361. The van der Waals surface area contributed by atoms with E-state index in [1.54, 1.807) is 0 Å². The molecule has 2 aromatic rings. The Morgan fingerprint density at radius 3 is 2.79 bits per heavy atom. The van der Waals surface area contributed by atoms with Crippen LogP contribution in [0.2, 0.25) is 0 Å². The molecule has 0 N–H and O–H groups in total. The zero-order valence-corrected chi connectivity index (χ0v) is 8.73. The van der Waals surface area contributed by atoms with Gasteiger partial charge in [-0.3, -0.25) is 0 Å². The molecule has 0 fully saturated rings. The average Bonchev–Trinajstić information content (AvgIpc) is 2.59. The van der Waals surface area contributed by atoms with E-state index in [4.69, 9.17) is 0 Å². The fourth-order valence-corrected chi connectivity index (χ4v) is 1.39.